The number of fused-ring (bicyclic) bond motifs is 1. The lowest BCUT2D eigenvalue weighted by atomic mass is 10.2. The SMILES string of the molecule is COCCNC(=O)c1sc2ccc(Br)cc2c1N. The Morgan fingerprint density at radius 1 is 1.56 bits per heavy atom. The number of nitrogen functional groups attached to an aromatic ring is 1. The second-order valence-corrected chi connectivity index (χ2v) is 5.70. The zero-order valence-electron chi connectivity index (χ0n) is 9.83. The van der Waals surface area contributed by atoms with E-state index in [0.29, 0.717) is 23.7 Å². The quantitative estimate of drug-likeness (QED) is 0.848. The first-order chi connectivity index (χ1) is 8.63. The summed E-state index contributed by atoms with van der Waals surface area (Å²) in [5.41, 5.74) is 6.54. The summed E-state index contributed by atoms with van der Waals surface area (Å²) in [4.78, 5) is 12.5. The van der Waals surface area contributed by atoms with E-state index in [2.05, 4.69) is 21.2 Å². The standard InChI is InChI=1S/C12H13BrN2O2S/c1-17-5-4-15-12(16)11-10(14)8-6-7(13)2-3-9(8)18-11/h2-3,6H,4-5,14H2,1H3,(H,15,16). The fourth-order valence-corrected chi connectivity index (χ4v) is 2.99. The smallest absolute Gasteiger partial charge is 0.263 e. The van der Waals surface area contributed by atoms with Crippen LogP contribution in [0.5, 0.6) is 0 Å². The van der Waals surface area contributed by atoms with Gasteiger partial charge in [-0.2, -0.15) is 0 Å². The van der Waals surface area contributed by atoms with Crippen LogP contribution in [0.15, 0.2) is 22.7 Å². The first kappa shape index (κ1) is 13.3. The number of rotatable bonds is 4. The van der Waals surface area contributed by atoms with Gasteiger partial charge in [-0.25, -0.2) is 0 Å². The van der Waals surface area contributed by atoms with Crippen LogP contribution in [0.2, 0.25) is 0 Å². The Morgan fingerprint density at radius 2 is 2.33 bits per heavy atom. The molecule has 0 aliphatic heterocycles. The molecule has 0 fully saturated rings. The number of ether oxygens (including phenoxy) is 1. The summed E-state index contributed by atoms with van der Waals surface area (Å²) in [5, 5.41) is 3.68. The third kappa shape index (κ3) is 2.66. The highest BCUT2D eigenvalue weighted by atomic mass is 79.9. The number of carbonyl (C=O) groups excluding carboxylic acids is 1. The minimum Gasteiger partial charge on any atom is -0.397 e. The zero-order valence-corrected chi connectivity index (χ0v) is 12.2. The van der Waals surface area contributed by atoms with Gasteiger partial charge in [-0.05, 0) is 18.2 Å². The molecule has 3 N–H and O–H groups in total. The van der Waals surface area contributed by atoms with E-state index in [9.17, 15) is 4.79 Å². The second-order valence-electron chi connectivity index (χ2n) is 3.73. The molecule has 0 spiro atoms. The van der Waals surface area contributed by atoms with Gasteiger partial charge >= 0.3 is 0 Å². The largest absolute Gasteiger partial charge is 0.397 e. The summed E-state index contributed by atoms with van der Waals surface area (Å²) in [5.74, 6) is -0.151. The Labute approximate surface area is 117 Å². The van der Waals surface area contributed by atoms with Crippen molar-refractivity contribution in [1.29, 1.82) is 0 Å². The van der Waals surface area contributed by atoms with E-state index < -0.39 is 0 Å². The van der Waals surface area contributed by atoms with Crippen molar-refractivity contribution in [3.63, 3.8) is 0 Å². The lowest BCUT2D eigenvalue weighted by Gasteiger charge is -2.02. The number of halogens is 1. The van der Waals surface area contributed by atoms with E-state index in [4.69, 9.17) is 10.5 Å². The molecule has 2 rings (SSSR count). The summed E-state index contributed by atoms with van der Waals surface area (Å²) < 4.78 is 6.84. The minimum absolute atomic E-state index is 0.151. The molecule has 0 unspecified atom stereocenters. The molecule has 4 nitrogen and oxygen atoms in total. The van der Waals surface area contributed by atoms with Crippen molar-refractivity contribution in [1.82, 2.24) is 5.32 Å². The van der Waals surface area contributed by atoms with Crippen molar-refractivity contribution >= 4 is 48.9 Å². The van der Waals surface area contributed by atoms with Crippen molar-refractivity contribution < 1.29 is 9.53 Å². The number of hydrogen-bond acceptors (Lipinski definition) is 4. The van der Waals surface area contributed by atoms with Gasteiger partial charge in [-0.1, -0.05) is 15.9 Å². The number of thiophene rings is 1. The summed E-state index contributed by atoms with van der Waals surface area (Å²) >= 11 is 4.80. The lowest BCUT2D eigenvalue weighted by molar-refractivity contribution is 0.0942. The van der Waals surface area contributed by atoms with Crippen LogP contribution in [0.3, 0.4) is 0 Å². The molecule has 6 heteroatoms. The Bertz CT molecular complexity index is 583. The van der Waals surface area contributed by atoms with E-state index in [1.165, 1.54) is 11.3 Å². The Hall–Kier alpha value is -1.11. The van der Waals surface area contributed by atoms with Crippen molar-refractivity contribution in [2.24, 2.45) is 0 Å². The summed E-state index contributed by atoms with van der Waals surface area (Å²) in [6.45, 7) is 0.967. The Kier molecular flexibility index (Phi) is 4.21. The topological polar surface area (TPSA) is 64.3 Å². The number of carbonyl (C=O) groups is 1. The van der Waals surface area contributed by atoms with Crippen molar-refractivity contribution in [2.45, 2.75) is 0 Å². The van der Waals surface area contributed by atoms with Gasteiger partial charge in [0.1, 0.15) is 4.88 Å². The number of anilines is 1. The molecular weight excluding hydrogens is 316 g/mol. The molecule has 1 aromatic heterocycles. The van der Waals surface area contributed by atoms with Gasteiger partial charge in [0, 0.05) is 28.2 Å². The molecule has 0 bridgehead atoms. The fraction of sp³-hybridized carbons (Fsp3) is 0.250. The number of methoxy groups -OCH3 is 1. The fourth-order valence-electron chi connectivity index (χ4n) is 1.60. The number of amides is 1. The molecule has 0 aliphatic carbocycles. The summed E-state index contributed by atoms with van der Waals surface area (Å²) in [7, 11) is 1.59. The second kappa shape index (κ2) is 5.69. The van der Waals surface area contributed by atoms with Gasteiger partial charge in [0.15, 0.2) is 0 Å². The summed E-state index contributed by atoms with van der Waals surface area (Å²) in [6.07, 6.45) is 0. The predicted octanol–water partition coefficient (Wildman–Crippen LogP) is 2.62. The first-order valence-electron chi connectivity index (χ1n) is 5.38. The molecule has 0 saturated heterocycles. The van der Waals surface area contributed by atoms with Gasteiger partial charge in [0.2, 0.25) is 0 Å². The minimum atomic E-state index is -0.151. The van der Waals surface area contributed by atoms with Gasteiger partial charge in [0.25, 0.3) is 5.91 Å². The highest BCUT2D eigenvalue weighted by Crippen LogP contribution is 2.35. The molecule has 0 aliphatic rings. The molecule has 18 heavy (non-hydrogen) atoms. The van der Waals surface area contributed by atoms with E-state index >= 15 is 0 Å². The lowest BCUT2D eigenvalue weighted by Crippen LogP contribution is -2.26. The van der Waals surface area contributed by atoms with Crippen LogP contribution in [0.1, 0.15) is 9.67 Å². The Morgan fingerprint density at radius 3 is 3.06 bits per heavy atom. The molecule has 1 heterocycles. The normalized spacial score (nSPS) is 10.8. The monoisotopic (exact) mass is 328 g/mol. The maximum Gasteiger partial charge on any atom is 0.263 e. The average Bonchev–Trinajstić information content (AvgIpc) is 2.67. The zero-order chi connectivity index (χ0) is 13.1. The van der Waals surface area contributed by atoms with Gasteiger partial charge in [-0.15, -0.1) is 11.3 Å². The molecule has 0 radical (unpaired) electrons. The van der Waals surface area contributed by atoms with Gasteiger partial charge in [0.05, 0.1) is 12.3 Å². The van der Waals surface area contributed by atoms with E-state index in [1.54, 1.807) is 7.11 Å². The maximum atomic E-state index is 11.9. The van der Waals surface area contributed by atoms with Crippen molar-refractivity contribution in [3.05, 3.63) is 27.5 Å². The van der Waals surface area contributed by atoms with Gasteiger partial charge in [-0.3, -0.25) is 4.79 Å². The van der Waals surface area contributed by atoms with Crippen LogP contribution in [0.25, 0.3) is 10.1 Å². The van der Waals surface area contributed by atoms with Crippen LogP contribution >= 0.6 is 27.3 Å². The Balaban J connectivity index is 2.28. The highest BCUT2D eigenvalue weighted by molar-refractivity contribution is 9.10. The van der Waals surface area contributed by atoms with E-state index in [0.717, 1.165) is 14.6 Å². The average molecular weight is 329 g/mol. The first-order valence-corrected chi connectivity index (χ1v) is 6.99. The molecule has 0 atom stereocenters. The van der Waals surface area contributed by atoms with Crippen molar-refractivity contribution in [2.75, 3.05) is 26.0 Å². The predicted molar refractivity (Wildman–Crippen MR) is 78.1 cm³/mol. The van der Waals surface area contributed by atoms with E-state index in [1.807, 2.05) is 18.2 Å². The number of nitrogens with two attached hydrogens (primary N) is 1. The summed E-state index contributed by atoms with van der Waals surface area (Å²) in [6, 6.07) is 5.81. The third-order valence-corrected chi connectivity index (χ3v) is 4.16. The molecule has 1 amide bonds. The molecular formula is C12H13BrN2O2S. The molecule has 96 valence electrons. The highest BCUT2D eigenvalue weighted by Gasteiger charge is 2.15. The van der Waals surface area contributed by atoms with Gasteiger partial charge < -0.3 is 15.8 Å². The van der Waals surface area contributed by atoms with Crippen LogP contribution in [-0.4, -0.2) is 26.2 Å². The van der Waals surface area contributed by atoms with Crippen molar-refractivity contribution in [3.8, 4) is 0 Å². The number of nitrogens with one attached hydrogen (secondary N) is 1. The molecule has 2 aromatic rings. The number of benzene rings is 1. The third-order valence-electron chi connectivity index (χ3n) is 2.49. The van der Waals surface area contributed by atoms with E-state index in [-0.39, 0.29) is 5.91 Å². The number of hydrogen-bond donors (Lipinski definition) is 2. The molecule has 1 aromatic carbocycles. The van der Waals surface area contributed by atoms with Crippen LogP contribution < -0.4 is 11.1 Å². The van der Waals surface area contributed by atoms with Crippen LogP contribution in [-0.2, 0) is 4.74 Å². The maximum absolute atomic E-state index is 11.9. The van der Waals surface area contributed by atoms with Crippen LogP contribution in [0.4, 0.5) is 5.69 Å². The molecule has 0 saturated carbocycles. The van der Waals surface area contributed by atoms with Crippen LogP contribution in [0, 0.1) is 0 Å².